The first-order valence-electron chi connectivity index (χ1n) is 8.75. The van der Waals surface area contributed by atoms with Gasteiger partial charge in [-0.1, -0.05) is 36.8 Å². The molecule has 1 saturated heterocycles. The van der Waals surface area contributed by atoms with E-state index in [1.807, 2.05) is 50.2 Å². The highest BCUT2D eigenvalue weighted by molar-refractivity contribution is 6.03. The Hall–Kier alpha value is -2.62. The molecule has 2 aromatic carbocycles. The Morgan fingerprint density at radius 2 is 2.00 bits per heavy atom. The molecule has 1 N–H and O–H groups in total. The maximum Gasteiger partial charge on any atom is 0.229 e. The second kappa shape index (κ2) is 7.09. The molecule has 2 aromatic rings. The second-order valence-electron chi connectivity index (χ2n) is 6.74. The van der Waals surface area contributed by atoms with Crippen LogP contribution in [-0.4, -0.2) is 18.4 Å². The van der Waals surface area contributed by atoms with E-state index in [9.17, 15) is 9.59 Å². The number of nitrogens with one attached hydrogen (secondary N) is 1. The average Bonchev–Trinajstić information content (AvgIpc) is 2.99. The molecule has 3 rings (SSSR count). The Labute approximate surface area is 148 Å². The summed E-state index contributed by atoms with van der Waals surface area (Å²) >= 11 is 0. The fraction of sp³-hybridized carbons (Fsp3) is 0.333. The van der Waals surface area contributed by atoms with Crippen LogP contribution in [0.15, 0.2) is 42.5 Å². The number of carbonyl (C=O) groups excluding carboxylic acids is 2. The summed E-state index contributed by atoms with van der Waals surface area (Å²) in [5, 5.41) is 2.98. The van der Waals surface area contributed by atoms with E-state index in [2.05, 4.69) is 18.3 Å². The minimum atomic E-state index is -0.321. The Morgan fingerprint density at radius 3 is 2.72 bits per heavy atom. The number of aryl methyl sites for hydroxylation is 3. The molecule has 0 aliphatic carbocycles. The van der Waals surface area contributed by atoms with E-state index in [4.69, 9.17) is 0 Å². The largest absolute Gasteiger partial charge is 0.326 e. The number of carbonyl (C=O) groups is 2. The van der Waals surface area contributed by atoms with Crippen LogP contribution in [0.5, 0.6) is 0 Å². The highest BCUT2D eigenvalue weighted by Gasteiger charge is 2.35. The van der Waals surface area contributed by atoms with E-state index < -0.39 is 0 Å². The van der Waals surface area contributed by atoms with E-state index in [-0.39, 0.29) is 24.2 Å². The van der Waals surface area contributed by atoms with Gasteiger partial charge in [0.15, 0.2) is 0 Å². The van der Waals surface area contributed by atoms with Crippen molar-refractivity contribution in [1.82, 2.24) is 0 Å². The first-order valence-corrected chi connectivity index (χ1v) is 8.75. The van der Waals surface area contributed by atoms with Crippen LogP contribution in [0.3, 0.4) is 0 Å². The van der Waals surface area contributed by atoms with Gasteiger partial charge in [-0.3, -0.25) is 9.59 Å². The van der Waals surface area contributed by atoms with E-state index >= 15 is 0 Å². The SMILES string of the molecule is CCc1cccc(N2C[C@@H](C(=O)Nc3ccc(C)cc3C)CC2=O)c1. The van der Waals surface area contributed by atoms with Gasteiger partial charge in [0.05, 0.1) is 5.92 Å². The van der Waals surface area contributed by atoms with Gasteiger partial charge in [-0.25, -0.2) is 0 Å². The van der Waals surface area contributed by atoms with Crippen molar-refractivity contribution in [2.24, 2.45) is 5.92 Å². The number of hydrogen-bond donors (Lipinski definition) is 1. The summed E-state index contributed by atoms with van der Waals surface area (Å²) in [4.78, 5) is 26.7. The van der Waals surface area contributed by atoms with Gasteiger partial charge in [0, 0.05) is 24.3 Å². The first kappa shape index (κ1) is 17.2. The molecule has 0 bridgehead atoms. The van der Waals surface area contributed by atoms with E-state index in [0.717, 1.165) is 28.9 Å². The van der Waals surface area contributed by atoms with Crippen LogP contribution < -0.4 is 10.2 Å². The van der Waals surface area contributed by atoms with Crippen LogP contribution in [0.4, 0.5) is 11.4 Å². The van der Waals surface area contributed by atoms with Gasteiger partial charge < -0.3 is 10.2 Å². The molecule has 0 spiro atoms. The molecule has 4 heteroatoms. The third kappa shape index (κ3) is 3.73. The van der Waals surface area contributed by atoms with Crippen molar-refractivity contribution in [3.63, 3.8) is 0 Å². The van der Waals surface area contributed by atoms with Crippen LogP contribution in [-0.2, 0) is 16.0 Å². The summed E-state index contributed by atoms with van der Waals surface area (Å²) in [6.07, 6.45) is 1.18. The van der Waals surface area contributed by atoms with Crippen LogP contribution in [0.1, 0.15) is 30.0 Å². The maximum absolute atomic E-state index is 12.6. The van der Waals surface area contributed by atoms with Crippen molar-refractivity contribution >= 4 is 23.2 Å². The van der Waals surface area contributed by atoms with Crippen LogP contribution >= 0.6 is 0 Å². The lowest BCUT2D eigenvalue weighted by Gasteiger charge is -2.18. The Kier molecular flexibility index (Phi) is 4.88. The number of amides is 2. The standard InChI is InChI=1S/C21H24N2O2/c1-4-16-6-5-7-18(11-16)23-13-17(12-20(23)24)21(25)22-19-9-8-14(2)10-15(19)3/h5-11,17H,4,12-13H2,1-3H3,(H,22,25)/t17-/m0/s1. The molecule has 25 heavy (non-hydrogen) atoms. The molecular formula is C21H24N2O2. The van der Waals surface area contributed by atoms with Crippen molar-refractivity contribution in [3.8, 4) is 0 Å². The summed E-state index contributed by atoms with van der Waals surface area (Å²) in [7, 11) is 0. The lowest BCUT2D eigenvalue weighted by atomic mass is 10.1. The molecule has 130 valence electrons. The van der Waals surface area contributed by atoms with Gasteiger partial charge in [0.25, 0.3) is 0 Å². The summed E-state index contributed by atoms with van der Waals surface area (Å²) in [5.74, 6) is -0.401. The van der Waals surface area contributed by atoms with E-state index in [1.54, 1.807) is 4.90 Å². The highest BCUT2D eigenvalue weighted by atomic mass is 16.2. The molecule has 0 unspecified atom stereocenters. The second-order valence-corrected chi connectivity index (χ2v) is 6.74. The Bertz CT molecular complexity index is 813. The minimum absolute atomic E-state index is 0.00836. The van der Waals surface area contributed by atoms with Gasteiger partial charge in [-0.2, -0.15) is 0 Å². The topological polar surface area (TPSA) is 49.4 Å². The van der Waals surface area contributed by atoms with Crippen LogP contribution in [0, 0.1) is 19.8 Å². The normalized spacial score (nSPS) is 17.0. The summed E-state index contributed by atoms with van der Waals surface area (Å²) < 4.78 is 0. The van der Waals surface area contributed by atoms with Crippen molar-refractivity contribution < 1.29 is 9.59 Å². The van der Waals surface area contributed by atoms with E-state index in [1.165, 1.54) is 5.56 Å². The van der Waals surface area contributed by atoms with Crippen molar-refractivity contribution in [3.05, 3.63) is 59.2 Å². The fourth-order valence-corrected chi connectivity index (χ4v) is 3.27. The number of anilines is 2. The molecule has 1 aliphatic rings. The molecule has 1 aliphatic heterocycles. The number of nitrogens with zero attached hydrogens (tertiary/aromatic N) is 1. The van der Waals surface area contributed by atoms with E-state index in [0.29, 0.717) is 6.54 Å². The molecule has 1 atom stereocenters. The monoisotopic (exact) mass is 336 g/mol. The third-order valence-corrected chi connectivity index (χ3v) is 4.77. The molecule has 0 aromatic heterocycles. The summed E-state index contributed by atoms with van der Waals surface area (Å²) in [6, 6.07) is 13.9. The molecule has 0 saturated carbocycles. The van der Waals surface area contributed by atoms with Crippen molar-refractivity contribution in [2.45, 2.75) is 33.6 Å². The van der Waals surface area contributed by atoms with Gasteiger partial charge in [-0.15, -0.1) is 0 Å². The molecule has 1 fully saturated rings. The molecule has 0 radical (unpaired) electrons. The molecular weight excluding hydrogens is 312 g/mol. The van der Waals surface area contributed by atoms with Gasteiger partial charge >= 0.3 is 0 Å². The van der Waals surface area contributed by atoms with Gasteiger partial charge in [-0.05, 0) is 49.6 Å². The first-order chi connectivity index (χ1) is 12.0. The number of rotatable bonds is 4. The van der Waals surface area contributed by atoms with Crippen molar-refractivity contribution in [1.29, 1.82) is 0 Å². The Balaban J connectivity index is 1.72. The Morgan fingerprint density at radius 1 is 1.20 bits per heavy atom. The zero-order valence-electron chi connectivity index (χ0n) is 15.0. The zero-order chi connectivity index (χ0) is 18.0. The molecule has 4 nitrogen and oxygen atoms in total. The molecule has 2 amide bonds. The predicted molar refractivity (Wildman–Crippen MR) is 101 cm³/mol. The van der Waals surface area contributed by atoms with Crippen LogP contribution in [0.2, 0.25) is 0 Å². The van der Waals surface area contributed by atoms with Gasteiger partial charge in [0.1, 0.15) is 0 Å². The van der Waals surface area contributed by atoms with Crippen LogP contribution in [0.25, 0.3) is 0 Å². The lowest BCUT2D eigenvalue weighted by Crippen LogP contribution is -2.28. The maximum atomic E-state index is 12.6. The predicted octanol–water partition coefficient (Wildman–Crippen LogP) is 3.86. The smallest absolute Gasteiger partial charge is 0.229 e. The van der Waals surface area contributed by atoms with Crippen molar-refractivity contribution in [2.75, 3.05) is 16.8 Å². The minimum Gasteiger partial charge on any atom is -0.326 e. The number of hydrogen-bond acceptors (Lipinski definition) is 2. The summed E-state index contributed by atoms with van der Waals surface area (Å²) in [5.41, 5.74) is 5.08. The molecule has 1 heterocycles. The highest BCUT2D eigenvalue weighted by Crippen LogP contribution is 2.27. The number of benzene rings is 2. The average molecular weight is 336 g/mol. The van der Waals surface area contributed by atoms with Gasteiger partial charge in [0.2, 0.25) is 11.8 Å². The quantitative estimate of drug-likeness (QED) is 0.922. The zero-order valence-corrected chi connectivity index (χ0v) is 15.0. The lowest BCUT2D eigenvalue weighted by molar-refractivity contribution is -0.122. The summed E-state index contributed by atoms with van der Waals surface area (Å²) in [6.45, 7) is 6.52. The fourth-order valence-electron chi connectivity index (χ4n) is 3.27. The third-order valence-electron chi connectivity index (χ3n) is 4.77.